The van der Waals surface area contributed by atoms with E-state index < -0.39 is 24.0 Å². The summed E-state index contributed by atoms with van der Waals surface area (Å²) in [5.41, 5.74) is 2.53. The number of alkyl halides is 2. The molecule has 2 atom stereocenters. The van der Waals surface area contributed by atoms with Crippen molar-refractivity contribution in [3.63, 3.8) is 0 Å². The molecule has 0 fully saturated rings. The second-order valence-corrected chi connectivity index (χ2v) is 5.33. The fourth-order valence-corrected chi connectivity index (χ4v) is 2.16. The summed E-state index contributed by atoms with van der Waals surface area (Å²) in [6, 6.07) is -1.95. The van der Waals surface area contributed by atoms with Gasteiger partial charge in [-0.2, -0.15) is 0 Å². The van der Waals surface area contributed by atoms with Crippen molar-refractivity contribution in [3.05, 3.63) is 0 Å². The molecule has 0 aliphatic rings. The van der Waals surface area contributed by atoms with E-state index in [1.165, 1.54) is 19.3 Å². The Kier molecular flexibility index (Phi) is 9.67. The third-order valence-electron chi connectivity index (χ3n) is 3.61. The molecule has 6 heteroatoms. The summed E-state index contributed by atoms with van der Waals surface area (Å²) in [5.74, 6) is -1.60. The number of hydrogen-bond donors (Lipinski definition) is 3. The number of aliphatic hydroxyl groups is 1. The minimum Gasteiger partial charge on any atom is -0.480 e. The van der Waals surface area contributed by atoms with Gasteiger partial charge in [-0.25, -0.2) is 8.78 Å². The van der Waals surface area contributed by atoms with E-state index in [-0.39, 0.29) is 6.42 Å². The molecule has 2 unspecified atom stereocenters. The van der Waals surface area contributed by atoms with Gasteiger partial charge in [0.05, 0.1) is 0 Å². The predicted octanol–water partition coefficient (Wildman–Crippen LogP) is 2.93. The van der Waals surface area contributed by atoms with Crippen molar-refractivity contribution >= 4 is 5.97 Å². The van der Waals surface area contributed by atoms with E-state index in [2.05, 4.69) is 6.92 Å². The third-order valence-corrected chi connectivity index (χ3v) is 3.61. The molecule has 0 aliphatic carbocycles. The second-order valence-electron chi connectivity index (χ2n) is 5.33. The molecule has 0 amide bonds. The van der Waals surface area contributed by atoms with E-state index in [9.17, 15) is 18.7 Å². The topological polar surface area (TPSA) is 83.5 Å². The largest absolute Gasteiger partial charge is 0.480 e. The maximum absolute atomic E-state index is 12.8. The van der Waals surface area contributed by atoms with Crippen LogP contribution in [0.1, 0.15) is 64.7 Å². The van der Waals surface area contributed by atoms with E-state index in [1.54, 1.807) is 0 Å². The molecule has 0 aliphatic heterocycles. The van der Waals surface area contributed by atoms with Crippen molar-refractivity contribution in [2.45, 2.75) is 82.8 Å². The number of rotatable bonds is 12. The smallest absolute Gasteiger partial charge is 0.323 e. The molecule has 4 nitrogen and oxygen atoms in total. The van der Waals surface area contributed by atoms with Gasteiger partial charge in [0.2, 0.25) is 0 Å². The van der Waals surface area contributed by atoms with Crippen molar-refractivity contribution < 1.29 is 23.8 Å². The zero-order valence-corrected chi connectivity index (χ0v) is 12.2. The molecule has 0 heterocycles. The molecule has 4 N–H and O–H groups in total. The predicted molar refractivity (Wildman–Crippen MR) is 73.8 cm³/mol. The lowest BCUT2D eigenvalue weighted by molar-refractivity contribution is -0.160. The summed E-state index contributed by atoms with van der Waals surface area (Å²) in [6.45, 7) is 2.14. The Morgan fingerprint density at radius 1 is 1.10 bits per heavy atom. The average molecular weight is 295 g/mol. The van der Waals surface area contributed by atoms with Gasteiger partial charge in [-0.3, -0.25) is 4.79 Å². The first-order chi connectivity index (χ1) is 9.36. The first-order valence-corrected chi connectivity index (χ1v) is 7.35. The normalized spacial score (nSPS) is 16.1. The van der Waals surface area contributed by atoms with Crippen LogP contribution in [0.2, 0.25) is 0 Å². The number of carboxylic acids is 1. The number of unbranched alkanes of at least 4 members (excludes halogenated alkanes) is 7. The van der Waals surface area contributed by atoms with Gasteiger partial charge in [-0.1, -0.05) is 58.3 Å². The summed E-state index contributed by atoms with van der Waals surface area (Å²) >= 11 is 0. The fraction of sp³-hybridized carbons (Fsp3) is 0.929. The number of hydrogen-bond acceptors (Lipinski definition) is 3. The van der Waals surface area contributed by atoms with Crippen LogP contribution < -0.4 is 5.73 Å². The highest BCUT2D eigenvalue weighted by Crippen LogP contribution is 2.26. The van der Waals surface area contributed by atoms with Gasteiger partial charge in [0.25, 0.3) is 6.43 Å². The van der Waals surface area contributed by atoms with Crippen LogP contribution >= 0.6 is 0 Å². The van der Waals surface area contributed by atoms with Crippen LogP contribution in [0.15, 0.2) is 0 Å². The lowest BCUT2D eigenvalue weighted by Crippen LogP contribution is -2.57. The van der Waals surface area contributed by atoms with E-state index in [0.29, 0.717) is 12.8 Å². The van der Waals surface area contributed by atoms with E-state index in [4.69, 9.17) is 10.8 Å². The van der Waals surface area contributed by atoms with Crippen LogP contribution in [0.4, 0.5) is 8.78 Å². The Bertz CT molecular complexity index is 277. The number of aliphatic carboxylic acids is 1. The van der Waals surface area contributed by atoms with Crippen LogP contribution in [0.5, 0.6) is 0 Å². The maximum Gasteiger partial charge on any atom is 0.323 e. The number of halogens is 2. The van der Waals surface area contributed by atoms with Crippen LogP contribution in [-0.2, 0) is 4.79 Å². The molecule has 0 rings (SSSR count). The van der Waals surface area contributed by atoms with Gasteiger partial charge >= 0.3 is 5.97 Å². The molecule has 0 aromatic rings. The maximum atomic E-state index is 12.8. The summed E-state index contributed by atoms with van der Waals surface area (Å²) in [5, 5.41) is 18.4. The molecule has 120 valence electrons. The monoisotopic (exact) mass is 295 g/mol. The van der Waals surface area contributed by atoms with Gasteiger partial charge in [0.15, 0.2) is 5.60 Å². The van der Waals surface area contributed by atoms with Crippen LogP contribution in [-0.4, -0.2) is 34.3 Å². The van der Waals surface area contributed by atoms with Gasteiger partial charge in [-0.15, -0.1) is 0 Å². The van der Waals surface area contributed by atoms with Crippen molar-refractivity contribution in [3.8, 4) is 0 Å². The van der Waals surface area contributed by atoms with Crippen LogP contribution in [0.3, 0.4) is 0 Å². The summed E-state index contributed by atoms with van der Waals surface area (Å²) in [4.78, 5) is 10.7. The molecule has 0 saturated carbocycles. The minimum atomic E-state index is -3.15. The van der Waals surface area contributed by atoms with Crippen molar-refractivity contribution in [1.29, 1.82) is 0 Å². The van der Waals surface area contributed by atoms with E-state index in [1.807, 2.05) is 0 Å². The summed E-state index contributed by atoms with van der Waals surface area (Å²) < 4.78 is 25.6. The van der Waals surface area contributed by atoms with Crippen LogP contribution in [0, 0.1) is 0 Å². The SMILES string of the molecule is CCCCCCCCCCC(O)(C(F)F)C(N)C(=O)O. The quantitative estimate of drug-likeness (QED) is 0.483. The molecule has 0 spiro atoms. The number of carboxylic acid groups (broad SMARTS) is 1. The van der Waals surface area contributed by atoms with E-state index in [0.717, 1.165) is 19.3 Å². The molecular formula is C14H27F2NO3. The lowest BCUT2D eigenvalue weighted by Gasteiger charge is -2.30. The van der Waals surface area contributed by atoms with E-state index >= 15 is 0 Å². The van der Waals surface area contributed by atoms with Gasteiger partial charge in [0.1, 0.15) is 6.04 Å². The van der Waals surface area contributed by atoms with Crippen molar-refractivity contribution in [2.24, 2.45) is 5.73 Å². The Labute approximate surface area is 119 Å². The second kappa shape index (κ2) is 10.0. The lowest BCUT2D eigenvalue weighted by atomic mass is 9.88. The van der Waals surface area contributed by atoms with Crippen molar-refractivity contribution in [2.75, 3.05) is 0 Å². The number of nitrogens with two attached hydrogens (primary N) is 1. The zero-order valence-electron chi connectivity index (χ0n) is 12.2. The number of carbonyl (C=O) groups is 1. The highest BCUT2D eigenvalue weighted by Gasteiger charge is 2.46. The molecular weight excluding hydrogens is 268 g/mol. The molecule has 0 aromatic heterocycles. The van der Waals surface area contributed by atoms with Gasteiger partial charge in [-0.05, 0) is 6.42 Å². The minimum absolute atomic E-state index is 0.285. The van der Waals surface area contributed by atoms with Crippen molar-refractivity contribution in [1.82, 2.24) is 0 Å². The summed E-state index contributed by atoms with van der Waals surface area (Å²) in [7, 11) is 0. The average Bonchev–Trinajstić information content (AvgIpc) is 2.40. The molecule has 20 heavy (non-hydrogen) atoms. The fourth-order valence-electron chi connectivity index (χ4n) is 2.16. The highest BCUT2D eigenvalue weighted by molar-refractivity contribution is 5.75. The Morgan fingerprint density at radius 2 is 1.55 bits per heavy atom. The third kappa shape index (κ3) is 6.61. The molecule has 0 radical (unpaired) electrons. The Morgan fingerprint density at radius 3 is 1.95 bits per heavy atom. The molecule has 0 bridgehead atoms. The first kappa shape index (κ1) is 19.2. The zero-order chi connectivity index (χ0) is 15.6. The summed E-state index contributed by atoms with van der Waals surface area (Å²) in [6.07, 6.45) is 4.26. The molecule has 0 saturated heterocycles. The molecule has 0 aromatic carbocycles. The van der Waals surface area contributed by atoms with Crippen LogP contribution in [0.25, 0.3) is 0 Å². The Hall–Kier alpha value is -0.750. The first-order valence-electron chi connectivity index (χ1n) is 7.35. The standard InChI is InChI=1S/C14H27F2NO3/c1-2-3-4-5-6-7-8-9-10-14(20,13(15)16)11(17)12(18)19/h11,13,20H,2-10,17H2,1H3,(H,18,19). The highest BCUT2D eigenvalue weighted by atomic mass is 19.3. The van der Waals surface area contributed by atoms with Gasteiger partial charge in [0, 0.05) is 0 Å². The Balaban J connectivity index is 3.96. The van der Waals surface area contributed by atoms with Gasteiger partial charge < -0.3 is 15.9 Å².